The first-order chi connectivity index (χ1) is 11.1. The van der Waals surface area contributed by atoms with Crippen LogP contribution in [0.25, 0.3) is 0 Å². The molecule has 0 saturated carbocycles. The lowest BCUT2D eigenvalue weighted by Gasteiger charge is -2.16. The number of benzene rings is 2. The number of hydrogen-bond acceptors (Lipinski definition) is 2. The number of rotatable bonds is 4. The van der Waals surface area contributed by atoms with E-state index in [1.807, 2.05) is 6.07 Å². The smallest absolute Gasteiger partial charge is 0.207 e. The molecule has 0 amide bonds. The molecule has 2 aromatic carbocycles. The van der Waals surface area contributed by atoms with Crippen molar-refractivity contribution in [2.45, 2.75) is 39.1 Å². The first kappa shape index (κ1) is 18.5. The van der Waals surface area contributed by atoms with Crippen LogP contribution >= 0.6 is 0 Å². The van der Waals surface area contributed by atoms with Crippen molar-refractivity contribution in [2.24, 2.45) is 0 Å². The Labute approximate surface area is 139 Å². The number of aryl methyl sites for hydroxylation is 2. The van der Waals surface area contributed by atoms with Crippen LogP contribution in [0.1, 0.15) is 27.8 Å². The van der Waals surface area contributed by atoms with Crippen LogP contribution in [0.2, 0.25) is 0 Å². The van der Waals surface area contributed by atoms with Crippen molar-refractivity contribution < 1.29 is 21.6 Å². The van der Waals surface area contributed by atoms with E-state index in [1.165, 1.54) is 0 Å². The van der Waals surface area contributed by atoms with Gasteiger partial charge in [-0.1, -0.05) is 12.1 Å². The fraction of sp³-hybridized carbons (Fsp3) is 0.294. The maximum atomic E-state index is 13.7. The predicted molar refractivity (Wildman–Crippen MR) is 85.7 cm³/mol. The van der Waals surface area contributed by atoms with Gasteiger partial charge < -0.3 is 0 Å². The molecule has 0 aliphatic carbocycles. The molecular formula is C17H18F3NO2S. The monoisotopic (exact) mass is 357 g/mol. The van der Waals surface area contributed by atoms with Gasteiger partial charge in [-0.15, -0.1) is 0 Å². The second-order valence-electron chi connectivity index (χ2n) is 5.75. The molecule has 0 heterocycles. The van der Waals surface area contributed by atoms with Crippen LogP contribution in [0, 0.1) is 45.1 Å². The van der Waals surface area contributed by atoms with Crippen molar-refractivity contribution in [3.63, 3.8) is 0 Å². The summed E-state index contributed by atoms with van der Waals surface area (Å²) in [6, 6.07) is 3.66. The van der Waals surface area contributed by atoms with E-state index in [9.17, 15) is 21.6 Å². The molecule has 0 aromatic heterocycles. The Morgan fingerprint density at radius 1 is 0.917 bits per heavy atom. The minimum Gasteiger partial charge on any atom is -0.207 e. The quantitative estimate of drug-likeness (QED) is 0.846. The third-order valence-electron chi connectivity index (χ3n) is 4.13. The summed E-state index contributed by atoms with van der Waals surface area (Å²) in [6.07, 6.45) is 0. The van der Waals surface area contributed by atoms with Crippen LogP contribution in [0.3, 0.4) is 0 Å². The van der Waals surface area contributed by atoms with Gasteiger partial charge in [0.15, 0.2) is 17.5 Å². The van der Waals surface area contributed by atoms with E-state index < -0.39 is 34.0 Å². The average Bonchev–Trinajstić information content (AvgIpc) is 2.50. The van der Waals surface area contributed by atoms with E-state index in [-0.39, 0.29) is 10.5 Å². The minimum atomic E-state index is -3.94. The molecule has 0 saturated heterocycles. The number of nitrogens with one attached hydrogen (secondary N) is 1. The molecule has 3 nitrogen and oxygen atoms in total. The predicted octanol–water partition coefficient (Wildman–Crippen LogP) is 3.82. The molecule has 0 unspecified atom stereocenters. The highest BCUT2D eigenvalue weighted by Crippen LogP contribution is 2.26. The zero-order chi connectivity index (χ0) is 18.2. The van der Waals surface area contributed by atoms with Crippen molar-refractivity contribution in [3.05, 3.63) is 63.5 Å². The molecular weight excluding hydrogens is 339 g/mol. The van der Waals surface area contributed by atoms with E-state index in [2.05, 4.69) is 4.72 Å². The fourth-order valence-electron chi connectivity index (χ4n) is 2.53. The molecule has 0 spiro atoms. The van der Waals surface area contributed by atoms with Gasteiger partial charge in [0.1, 0.15) is 0 Å². The average molecular weight is 357 g/mol. The summed E-state index contributed by atoms with van der Waals surface area (Å²) in [5.74, 6) is -4.34. The molecule has 0 aliphatic heterocycles. The SMILES string of the molecule is Cc1cc(C)c(C)c(S(=O)(=O)NCc2ccc(F)c(F)c2F)c1C. The maximum Gasteiger partial charge on any atom is 0.241 e. The van der Waals surface area contributed by atoms with Crippen LogP contribution in [0.5, 0.6) is 0 Å². The van der Waals surface area contributed by atoms with Gasteiger partial charge in [-0.05, 0) is 56.0 Å². The van der Waals surface area contributed by atoms with Gasteiger partial charge in [-0.25, -0.2) is 26.3 Å². The lowest BCUT2D eigenvalue weighted by atomic mass is 10.0. The van der Waals surface area contributed by atoms with Gasteiger partial charge in [-0.2, -0.15) is 0 Å². The molecule has 24 heavy (non-hydrogen) atoms. The summed E-state index contributed by atoms with van der Waals surface area (Å²) >= 11 is 0. The standard InChI is InChI=1S/C17H18F3NO2S/c1-9-7-10(2)12(4)17(11(9)3)24(22,23)21-8-13-5-6-14(18)16(20)15(13)19/h5-7,21H,8H2,1-4H3. The van der Waals surface area contributed by atoms with Crippen LogP contribution in [-0.4, -0.2) is 8.42 Å². The van der Waals surface area contributed by atoms with E-state index in [1.54, 1.807) is 27.7 Å². The fourth-order valence-corrected chi connectivity index (χ4v) is 4.15. The van der Waals surface area contributed by atoms with Gasteiger partial charge in [0.25, 0.3) is 0 Å². The summed E-state index contributed by atoms with van der Waals surface area (Å²) in [5, 5.41) is 0. The molecule has 0 fully saturated rings. The van der Waals surface area contributed by atoms with E-state index >= 15 is 0 Å². The zero-order valence-corrected chi connectivity index (χ0v) is 14.6. The second kappa shape index (κ2) is 6.57. The Morgan fingerprint density at radius 3 is 2.00 bits per heavy atom. The molecule has 0 radical (unpaired) electrons. The number of halogens is 3. The molecule has 2 aromatic rings. The Morgan fingerprint density at radius 2 is 1.46 bits per heavy atom. The molecule has 7 heteroatoms. The van der Waals surface area contributed by atoms with Gasteiger partial charge in [0.2, 0.25) is 10.0 Å². The van der Waals surface area contributed by atoms with E-state index in [0.29, 0.717) is 11.1 Å². The van der Waals surface area contributed by atoms with Crippen LogP contribution in [-0.2, 0) is 16.6 Å². The van der Waals surface area contributed by atoms with Crippen molar-refractivity contribution in [1.29, 1.82) is 0 Å². The molecule has 0 atom stereocenters. The summed E-state index contributed by atoms with van der Waals surface area (Å²) in [4.78, 5) is 0.128. The van der Waals surface area contributed by atoms with Crippen molar-refractivity contribution in [2.75, 3.05) is 0 Å². The van der Waals surface area contributed by atoms with Crippen molar-refractivity contribution in [3.8, 4) is 0 Å². The van der Waals surface area contributed by atoms with Gasteiger partial charge in [-0.3, -0.25) is 0 Å². The lowest BCUT2D eigenvalue weighted by Crippen LogP contribution is -2.26. The zero-order valence-electron chi connectivity index (χ0n) is 13.8. The Hall–Kier alpha value is -1.86. The third-order valence-corrected chi connectivity index (χ3v) is 5.81. The summed E-state index contributed by atoms with van der Waals surface area (Å²) in [5.41, 5.74) is 2.56. The van der Waals surface area contributed by atoms with Crippen molar-refractivity contribution >= 4 is 10.0 Å². The Kier molecular flexibility index (Phi) is 5.05. The molecule has 130 valence electrons. The maximum absolute atomic E-state index is 13.7. The highest BCUT2D eigenvalue weighted by Gasteiger charge is 2.23. The highest BCUT2D eigenvalue weighted by atomic mass is 32.2. The first-order valence-electron chi connectivity index (χ1n) is 7.25. The van der Waals surface area contributed by atoms with Gasteiger partial charge >= 0.3 is 0 Å². The van der Waals surface area contributed by atoms with Crippen LogP contribution in [0.4, 0.5) is 13.2 Å². The minimum absolute atomic E-state index is 0.128. The van der Waals surface area contributed by atoms with Gasteiger partial charge in [0, 0.05) is 12.1 Å². The molecule has 2 rings (SSSR count). The number of hydrogen-bond donors (Lipinski definition) is 1. The highest BCUT2D eigenvalue weighted by molar-refractivity contribution is 7.89. The van der Waals surface area contributed by atoms with Crippen LogP contribution < -0.4 is 4.72 Å². The normalized spacial score (nSPS) is 11.8. The topological polar surface area (TPSA) is 46.2 Å². The Bertz CT molecular complexity index is 883. The third kappa shape index (κ3) is 3.32. The van der Waals surface area contributed by atoms with E-state index in [0.717, 1.165) is 23.3 Å². The van der Waals surface area contributed by atoms with Crippen molar-refractivity contribution in [1.82, 2.24) is 4.72 Å². The van der Waals surface area contributed by atoms with E-state index in [4.69, 9.17) is 0 Å². The summed E-state index contributed by atoms with van der Waals surface area (Å²) < 4.78 is 67.3. The molecule has 0 aliphatic rings. The lowest BCUT2D eigenvalue weighted by molar-refractivity contribution is 0.440. The largest absolute Gasteiger partial charge is 0.241 e. The van der Waals surface area contributed by atoms with Crippen LogP contribution in [0.15, 0.2) is 23.1 Å². The summed E-state index contributed by atoms with van der Waals surface area (Å²) in [7, 11) is -3.94. The summed E-state index contributed by atoms with van der Waals surface area (Å²) in [6.45, 7) is 6.51. The Balaban J connectivity index is 2.39. The van der Waals surface area contributed by atoms with Gasteiger partial charge in [0.05, 0.1) is 4.90 Å². The molecule has 0 bridgehead atoms. The second-order valence-corrected chi connectivity index (χ2v) is 7.45. The first-order valence-corrected chi connectivity index (χ1v) is 8.74. The molecule has 1 N–H and O–H groups in total. The number of sulfonamides is 1.